The molecule has 1 N–H and O–H groups in total. The highest BCUT2D eigenvalue weighted by Gasteiger charge is 2.27. The Kier molecular flexibility index (Phi) is 3.67. The van der Waals surface area contributed by atoms with Crippen LogP contribution in [0.3, 0.4) is 0 Å². The van der Waals surface area contributed by atoms with Crippen molar-refractivity contribution in [3.63, 3.8) is 0 Å². The monoisotopic (exact) mass is 220 g/mol. The summed E-state index contributed by atoms with van der Waals surface area (Å²) >= 11 is 0. The number of nitriles is 1. The van der Waals surface area contributed by atoms with Gasteiger partial charge < -0.3 is 9.88 Å². The molecule has 1 rings (SSSR count). The van der Waals surface area contributed by atoms with Gasteiger partial charge in [0.2, 0.25) is 5.91 Å². The standard InChI is InChI=1S/C11H16N4O/c1-9(6-15-5-4-13-8-15)14-10(16)11(2,3)7-12/h4-5,8-9H,6H2,1-3H3,(H,14,16). The molecule has 5 nitrogen and oxygen atoms in total. The Hall–Kier alpha value is -1.83. The maximum atomic E-state index is 11.7. The molecule has 0 aromatic carbocycles. The Morgan fingerprint density at radius 2 is 2.38 bits per heavy atom. The van der Waals surface area contributed by atoms with Gasteiger partial charge in [0.25, 0.3) is 0 Å². The zero-order valence-electron chi connectivity index (χ0n) is 9.77. The Morgan fingerprint density at radius 3 is 2.88 bits per heavy atom. The zero-order valence-corrected chi connectivity index (χ0v) is 9.77. The molecule has 1 unspecified atom stereocenters. The van der Waals surface area contributed by atoms with E-state index in [2.05, 4.69) is 10.3 Å². The maximum Gasteiger partial charge on any atom is 0.240 e. The predicted molar refractivity (Wildman–Crippen MR) is 59.2 cm³/mol. The number of imidazole rings is 1. The van der Waals surface area contributed by atoms with E-state index in [9.17, 15) is 4.79 Å². The number of nitrogens with zero attached hydrogens (tertiary/aromatic N) is 3. The Bertz CT molecular complexity index is 389. The number of hydrogen-bond donors (Lipinski definition) is 1. The molecule has 0 fully saturated rings. The molecule has 0 radical (unpaired) electrons. The van der Waals surface area contributed by atoms with Crippen LogP contribution in [0.25, 0.3) is 0 Å². The number of carbonyl (C=O) groups excluding carboxylic acids is 1. The van der Waals surface area contributed by atoms with Gasteiger partial charge >= 0.3 is 0 Å². The van der Waals surface area contributed by atoms with Crippen LogP contribution in [0.4, 0.5) is 0 Å². The van der Waals surface area contributed by atoms with E-state index in [0.29, 0.717) is 6.54 Å². The average molecular weight is 220 g/mol. The zero-order chi connectivity index (χ0) is 12.2. The molecule has 0 saturated carbocycles. The average Bonchev–Trinajstić information content (AvgIpc) is 2.70. The number of rotatable bonds is 4. The molecular weight excluding hydrogens is 204 g/mol. The Morgan fingerprint density at radius 1 is 1.69 bits per heavy atom. The molecule has 1 aromatic rings. The summed E-state index contributed by atoms with van der Waals surface area (Å²) < 4.78 is 1.88. The van der Waals surface area contributed by atoms with Crippen LogP contribution in [-0.4, -0.2) is 21.5 Å². The van der Waals surface area contributed by atoms with Crippen LogP contribution in [0.5, 0.6) is 0 Å². The fraction of sp³-hybridized carbons (Fsp3) is 0.545. The molecule has 1 heterocycles. The first-order chi connectivity index (χ1) is 7.45. The topological polar surface area (TPSA) is 70.7 Å². The second kappa shape index (κ2) is 4.79. The molecule has 16 heavy (non-hydrogen) atoms. The van der Waals surface area contributed by atoms with Crippen molar-refractivity contribution in [2.24, 2.45) is 5.41 Å². The largest absolute Gasteiger partial charge is 0.350 e. The summed E-state index contributed by atoms with van der Waals surface area (Å²) in [4.78, 5) is 15.6. The van der Waals surface area contributed by atoms with Crippen LogP contribution >= 0.6 is 0 Å². The lowest BCUT2D eigenvalue weighted by atomic mass is 9.94. The number of amides is 1. The SMILES string of the molecule is CC(Cn1ccnc1)NC(=O)C(C)(C)C#N. The van der Waals surface area contributed by atoms with E-state index in [1.54, 1.807) is 26.4 Å². The van der Waals surface area contributed by atoms with Crippen molar-refractivity contribution in [3.05, 3.63) is 18.7 Å². The Balaban J connectivity index is 2.50. The van der Waals surface area contributed by atoms with E-state index in [4.69, 9.17) is 5.26 Å². The van der Waals surface area contributed by atoms with Crippen molar-refractivity contribution in [2.45, 2.75) is 33.4 Å². The van der Waals surface area contributed by atoms with Crippen molar-refractivity contribution in [3.8, 4) is 6.07 Å². The van der Waals surface area contributed by atoms with E-state index < -0.39 is 5.41 Å². The highest BCUT2D eigenvalue weighted by Crippen LogP contribution is 2.13. The summed E-state index contributed by atoms with van der Waals surface area (Å²) in [5.41, 5.74) is -0.983. The van der Waals surface area contributed by atoms with Crippen LogP contribution in [0.1, 0.15) is 20.8 Å². The second-order valence-corrected chi connectivity index (χ2v) is 4.37. The molecule has 86 valence electrons. The number of carbonyl (C=O) groups is 1. The third-order valence-electron chi connectivity index (χ3n) is 2.27. The Labute approximate surface area is 95.1 Å². The lowest BCUT2D eigenvalue weighted by molar-refractivity contribution is -0.127. The fourth-order valence-electron chi connectivity index (χ4n) is 1.21. The van der Waals surface area contributed by atoms with Crippen LogP contribution < -0.4 is 5.32 Å². The van der Waals surface area contributed by atoms with Gasteiger partial charge in [0, 0.05) is 25.0 Å². The molecule has 1 atom stereocenters. The summed E-state index contributed by atoms with van der Waals surface area (Å²) in [6.45, 7) is 5.75. The quantitative estimate of drug-likeness (QED) is 0.820. The molecule has 0 aliphatic carbocycles. The summed E-state index contributed by atoms with van der Waals surface area (Å²) in [6, 6.07) is 1.94. The van der Waals surface area contributed by atoms with Gasteiger partial charge in [-0.1, -0.05) is 0 Å². The van der Waals surface area contributed by atoms with E-state index in [1.165, 1.54) is 0 Å². The first kappa shape index (κ1) is 12.2. The first-order valence-electron chi connectivity index (χ1n) is 5.13. The summed E-state index contributed by atoms with van der Waals surface area (Å²) in [5.74, 6) is -0.248. The minimum Gasteiger partial charge on any atom is -0.350 e. The van der Waals surface area contributed by atoms with Gasteiger partial charge in [-0.3, -0.25) is 4.79 Å². The van der Waals surface area contributed by atoms with Gasteiger partial charge in [0.05, 0.1) is 12.4 Å². The maximum absolute atomic E-state index is 11.7. The third-order valence-corrected chi connectivity index (χ3v) is 2.27. The van der Waals surface area contributed by atoms with Crippen LogP contribution in [0.15, 0.2) is 18.7 Å². The van der Waals surface area contributed by atoms with Crippen molar-refractivity contribution >= 4 is 5.91 Å². The van der Waals surface area contributed by atoms with E-state index in [-0.39, 0.29) is 11.9 Å². The van der Waals surface area contributed by atoms with Crippen LogP contribution in [0.2, 0.25) is 0 Å². The molecule has 0 aliphatic heterocycles. The van der Waals surface area contributed by atoms with Crippen molar-refractivity contribution in [2.75, 3.05) is 0 Å². The van der Waals surface area contributed by atoms with Gasteiger partial charge in [-0.15, -0.1) is 0 Å². The van der Waals surface area contributed by atoms with Crippen LogP contribution in [-0.2, 0) is 11.3 Å². The highest BCUT2D eigenvalue weighted by atomic mass is 16.2. The first-order valence-corrected chi connectivity index (χ1v) is 5.13. The molecule has 0 aliphatic rings. The van der Waals surface area contributed by atoms with Crippen LogP contribution in [0, 0.1) is 16.7 Å². The van der Waals surface area contributed by atoms with E-state index in [1.807, 2.05) is 23.8 Å². The summed E-state index contributed by atoms with van der Waals surface area (Å²) in [5, 5.41) is 11.6. The molecule has 0 saturated heterocycles. The van der Waals surface area contributed by atoms with E-state index in [0.717, 1.165) is 0 Å². The van der Waals surface area contributed by atoms with Gasteiger partial charge in [0.15, 0.2) is 0 Å². The number of hydrogen-bond acceptors (Lipinski definition) is 3. The molecular formula is C11H16N4O. The highest BCUT2D eigenvalue weighted by molar-refractivity contribution is 5.84. The van der Waals surface area contributed by atoms with Gasteiger partial charge in [-0.05, 0) is 20.8 Å². The molecule has 0 spiro atoms. The van der Waals surface area contributed by atoms with E-state index >= 15 is 0 Å². The third kappa shape index (κ3) is 3.09. The molecule has 1 aromatic heterocycles. The normalized spacial score (nSPS) is 12.9. The number of nitrogens with one attached hydrogen (secondary N) is 1. The second-order valence-electron chi connectivity index (χ2n) is 4.37. The lowest BCUT2D eigenvalue weighted by Gasteiger charge is -2.20. The number of aromatic nitrogens is 2. The van der Waals surface area contributed by atoms with Crippen molar-refractivity contribution in [1.82, 2.24) is 14.9 Å². The molecule has 1 amide bonds. The predicted octanol–water partition coefficient (Wildman–Crippen LogP) is 0.938. The fourth-order valence-corrected chi connectivity index (χ4v) is 1.21. The molecule has 5 heteroatoms. The van der Waals surface area contributed by atoms with Gasteiger partial charge in [-0.25, -0.2) is 4.98 Å². The minimum atomic E-state index is -0.983. The minimum absolute atomic E-state index is 0.0330. The lowest BCUT2D eigenvalue weighted by Crippen LogP contribution is -2.42. The summed E-state index contributed by atoms with van der Waals surface area (Å²) in [6.07, 6.45) is 5.21. The van der Waals surface area contributed by atoms with Crippen molar-refractivity contribution in [1.29, 1.82) is 5.26 Å². The smallest absolute Gasteiger partial charge is 0.240 e. The van der Waals surface area contributed by atoms with Gasteiger partial charge in [-0.2, -0.15) is 5.26 Å². The van der Waals surface area contributed by atoms with Gasteiger partial charge in [0.1, 0.15) is 5.41 Å². The summed E-state index contributed by atoms with van der Waals surface area (Å²) in [7, 11) is 0. The van der Waals surface area contributed by atoms with Crippen molar-refractivity contribution < 1.29 is 4.79 Å². The molecule has 0 bridgehead atoms.